The second-order valence-electron chi connectivity index (χ2n) is 7.25. The lowest BCUT2D eigenvalue weighted by Crippen LogP contribution is -2.29. The molecule has 2 aromatic carbocycles. The lowest BCUT2D eigenvalue weighted by Gasteiger charge is -2.27. The summed E-state index contributed by atoms with van der Waals surface area (Å²) in [5.74, 6) is -0.912. The largest absolute Gasteiger partial charge is 0.481 e. The first-order chi connectivity index (χ1) is 12.9. The third-order valence-electron chi connectivity index (χ3n) is 4.99. The molecule has 5 nitrogen and oxygen atoms in total. The first kappa shape index (κ1) is 19.4. The number of rotatable bonds is 7. The monoisotopic (exact) mass is 387 g/mol. The minimum Gasteiger partial charge on any atom is -0.481 e. The number of anilines is 1. The Kier molecular flexibility index (Phi) is 6.16. The van der Waals surface area contributed by atoms with Crippen molar-refractivity contribution in [1.82, 2.24) is 0 Å². The Morgan fingerprint density at radius 1 is 0.926 bits per heavy atom. The maximum absolute atomic E-state index is 12.5. The first-order valence-electron chi connectivity index (χ1n) is 9.24. The molecule has 0 unspecified atom stereocenters. The zero-order valence-corrected chi connectivity index (χ0v) is 16.0. The molecule has 6 heteroatoms. The molecule has 0 aliphatic heterocycles. The second kappa shape index (κ2) is 8.57. The van der Waals surface area contributed by atoms with Crippen molar-refractivity contribution in [2.75, 3.05) is 5.32 Å². The van der Waals surface area contributed by atoms with Crippen molar-refractivity contribution in [1.29, 1.82) is 0 Å². The van der Waals surface area contributed by atoms with Gasteiger partial charge in [0.2, 0.25) is 0 Å². The van der Waals surface area contributed by atoms with E-state index in [0.717, 1.165) is 29.7 Å². The molecule has 27 heavy (non-hydrogen) atoms. The predicted octanol–water partition coefficient (Wildman–Crippen LogP) is 3.86. The number of nitrogens with one attached hydrogen (secondary N) is 1. The van der Waals surface area contributed by atoms with Crippen molar-refractivity contribution in [3.05, 3.63) is 65.7 Å². The molecular weight excluding hydrogens is 362 g/mol. The van der Waals surface area contributed by atoms with Gasteiger partial charge in [0.1, 0.15) is 0 Å². The van der Waals surface area contributed by atoms with Crippen molar-refractivity contribution in [2.24, 2.45) is 5.92 Å². The van der Waals surface area contributed by atoms with E-state index in [4.69, 9.17) is 5.11 Å². The summed E-state index contributed by atoms with van der Waals surface area (Å²) in [6.45, 7) is 0. The van der Waals surface area contributed by atoms with E-state index in [1.165, 1.54) is 0 Å². The maximum atomic E-state index is 12.5. The summed E-state index contributed by atoms with van der Waals surface area (Å²) < 4.78 is 25.0. The number of sulfone groups is 1. The van der Waals surface area contributed by atoms with Crippen LogP contribution in [0.3, 0.4) is 0 Å². The number of carbonyl (C=O) groups is 1. The zero-order valence-electron chi connectivity index (χ0n) is 15.2. The van der Waals surface area contributed by atoms with Gasteiger partial charge in [0.05, 0.1) is 17.4 Å². The summed E-state index contributed by atoms with van der Waals surface area (Å²) in [6.07, 6.45) is 2.98. The third kappa shape index (κ3) is 5.82. The number of benzene rings is 2. The van der Waals surface area contributed by atoms with Crippen LogP contribution in [0.4, 0.5) is 5.69 Å². The molecular formula is C21H25NO4S. The summed E-state index contributed by atoms with van der Waals surface area (Å²) in [5.41, 5.74) is 2.44. The topological polar surface area (TPSA) is 83.5 Å². The van der Waals surface area contributed by atoms with Crippen LogP contribution in [0.15, 0.2) is 54.6 Å². The predicted molar refractivity (Wildman–Crippen MR) is 106 cm³/mol. The van der Waals surface area contributed by atoms with E-state index in [9.17, 15) is 13.2 Å². The molecule has 1 aliphatic rings. The average Bonchev–Trinajstić information content (AvgIpc) is 2.62. The van der Waals surface area contributed by atoms with Gasteiger partial charge in [-0.3, -0.25) is 4.79 Å². The van der Waals surface area contributed by atoms with Gasteiger partial charge >= 0.3 is 5.97 Å². The van der Waals surface area contributed by atoms with Crippen LogP contribution in [0, 0.1) is 5.92 Å². The van der Waals surface area contributed by atoms with E-state index >= 15 is 0 Å². The third-order valence-corrected chi connectivity index (χ3v) is 6.54. The fourth-order valence-corrected chi connectivity index (χ4v) is 5.09. The molecule has 0 aromatic heterocycles. The standard InChI is InChI=1S/C21H25NO4S/c23-21(24)18-9-11-19(12-10-18)22-20-8-4-7-17(13-20)15-27(25,26)14-16-5-2-1-3-6-16/h1-8,13,18-19,22H,9-12,14-15H2,(H,23,24). The van der Waals surface area contributed by atoms with Gasteiger partial charge in [0, 0.05) is 11.7 Å². The van der Waals surface area contributed by atoms with Crippen LogP contribution in [-0.2, 0) is 26.1 Å². The quantitative estimate of drug-likeness (QED) is 0.754. The van der Waals surface area contributed by atoms with Crippen molar-refractivity contribution in [3.8, 4) is 0 Å². The van der Waals surface area contributed by atoms with Crippen molar-refractivity contribution in [2.45, 2.75) is 43.2 Å². The number of hydrogen-bond donors (Lipinski definition) is 2. The van der Waals surface area contributed by atoms with Gasteiger partial charge in [0.25, 0.3) is 0 Å². The smallest absolute Gasteiger partial charge is 0.306 e. The van der Waals surface area contributed by atoms with E-state index in [-0.39, 0.29) is 23.5 Å². The molecule has 0 atom stereocenters. The van der Waals surface area contributed by atoms with Crippen molar-refractivity contribution >= 4 is 21.5 Å². The Morgan fingerprint density at radius 2 is 1.56 bits per heavy atom. The molecule has 0 spiro atoms. The molecule has 0 amide bonds. The van der Waals surface area contributed by atoms with Crippen LogP contribution < -0.4 is 5.32 Å². The lowest BCUT2D eigenvalue weighted by atomic mass is 9.86. The summed E-state index contributed by atoms with van der Waals surface area (Å²) in [6, 6.07) is 16.9. The number of aliphatic carboxylic acids is 1. The van der Waals surface area contributed by atoms with Crippen LogP contribution in [0.25, 0.3) is 0 Å². The van der Waals surface area contributed by atoms with Gasteiger partial charge in [-0.05, 0) is 48.9 Å². The van der Waals surface area contributed by atoms with Crippen LogP contribution in [0.5, 0.6) is 0 Å². The van der Waals surface area contributed by atoms with E-state index in [0.29, 0.717) is 12.8 Å². The summed E-state index contributed by atoms with van der Waals surface area (Å²) in [5, 5.41) is 12.5. The molecule has 1 aliphatic carbocycles. The van der Waals surface area contributed by atoms with E-state index in [1.807, 2.05) is 54.6 Å². The van der Waals surface area contributed by atoms with Gasteiger partial charge in [0.15, 0.2) is 9.84 Å². The van der Waals surface area contributed by atoms with E-state index in [1.54, 1.807) is 0 Å². The van der Waals surface area contributed by atoms with Gasteiger partial charge in [-0.25, -0.2) is 8.42 Å². The minimum absolute atomic E-state index is 0.00314. The Balaban J connectivity index is 1.60. The summed E-state index contributed by atoms with van der Waals surface area (Å²) in [4.78, 5) is 11.1. The van der Waals surface area contributed by atoms with Crippen LogP contribution in [-0.4, -0.2) is 25.5 Å². The molecule has 0 heterocycles. The Labute approximate surface area is 160 Å². The number of hydrogen-bond acceptors (Lipinski definition) is 4. The highest BCUT2D eigenvalue weighted by Crippen LogP contribution is 2.27. The molecule has 144 valence electrons. The second-order valence-corrected chi connectivity index (χ2v) is 9.31. The number of carboxylic acid groups (broad SMARTS) is 1. The highest BCUT2D eigenvalue weighted by molar-refractivity contribution is 7.89. The van der Waals surface area contributed by atoms with Gasteiger partial charge in [-0.1, -0.05) is 42.5 Å². The summed E-state index contributed by atoms with van der Waals surface area (Å²) >= 11 is 0. The van der Waals surface area contributed by atoms with Crippen LogP contribution >= 0.6 is 0 Å². The average molecular weight is 388 g/mol. The summed E-state index contributed by atoms with van der Waals surface area (Å²) in [7, 11) is -3.25. The highest BCUT2D eigenvalue weighted by Gasteiger charge is 2.25. The van der Waals surface area contributed by atoms with Crippen LogP contribution in [0.2, 0.25) is 0 Å². The number of carboxylic acids is 1. The maximum Gasteiger partial charge on any atom is 0.306 e. The van der Waals surface area contributed by atoms with Crippen molar-refractivity contribution in [3.63, 3.8) is 0 Å². The van der Waals surface area contributed by atoms with E-state index < -0.39 is 15.8 Å². The lowest BCUT2D eigenvalue weighted by molar-refractivity contribution is -0.142. The van der Waals surface area contributed by atoms with Gasteiger partial charge < -0.3 is 10.4 Å². The zero-order chi connectivity index (χ0) is 19.3. The van der Waals surface area contributed by atoms with Gasteiger partial charge in [-0.2, -0.15) is 0 Å². The Bertz CT molecular complexity index is 872. The van der Waals surface area contributed by atoms with Gasteiger partial charge in [-0.15, -0.1) is 0 Å². The fourth-order valence-electron chi connectivity index (χ4n) is 3.60. The molecule has 0 radical (unpaired) electrons. The first-order valence-corrected chi connectivity index (χ1v) is 11.1. The molecule has 0 saturated heterocycles. The fraction of sp³-hybridized carbons (Fsp3) is 0.381. The SMILES string of the molecule is O=C(O)C1CCC(Nc2cccc(CS(=O)(=O)Cc3ccccc3)c2)CC1. The Morgan fingerprint density at radius 3 is 2.22 bits per heavy atom. The normalized spacial score (nSPS) is 20.1. The highest BCUT2D eigenvalue weighted by atomic mass is 32.2. The molecule has 0 bridgehead atoms. The molecule has 3 rings (SSSR count). The minimum atomic E-state index is -3.25. The van der Waals surface area contributed by atoms with Crippen LogP contribution in [0.1, 0.15) is 36.8 Å². The molecule has 2 N–H and O–H groups in total. The van der Waals surface area contributed by atoms with E-state index in [2.05, 4.69) is 5.32 Å². The van der Waals surface area contributed by atoms with Crippen molar-refractivity contribution < 1.29 is 18.3 Å². The molecule has 1 saturated carbocycles. The Hall–Kier alpha value is -2.34. The molecule has 2 aromatic rings. The molecule has 1 fully saturated rings.